The fourth-order valence-corrected chi connectivity index (χ4v) is 6.90. The molecule has 3 aromatic rings. The summed E-state index contributed by atoms with van der Waals surface area (Å²) in [5.74, 6) is 0.522. The van der Waals surface area contributed by atoms with Crippen LogP contribution in [0.5, 0.6) is 5.75 Å². The minimum Gasteiger partial charge on any atom is -0.482 e. The molecule has 1 aromatic heterocycles. The molecule has 9 heteroatoms. The number of fused-ring (bicyclic) bond motifs is 1. The predicted octanol–water partition coefficient (Wildman–Crippen LogP) is 7.51. The lowest BCUT2D eigenvalue weighted by atomic mass is 9.87. The normalized spacial score (nSPS) is 16.6. The Labute approximate surface area is 268 Å². The first-order valence-electron chi connectivity index (χ1n) is 15.7. The molecule has 0 bridgehead atoms. The number of ether oxygens (including phenoxy) is 2. The van der Waals surface area contributed by atoms with Crippen molar-refractivity contribution in [2.45, 2.75) is 76.9 Å². The highest BCUT2D eigenvalue weighted by molar-refractivity contribution is 6.76. The van der Waals surface area contributed by atoms with Crippen LogP contribution in [0.25, 0.3) is 0 Å². The molecule has 44 heavy (non-hydrogen) atoms. The standard InChI is InChI=1S/C35H48ClN3O4Si/c1-26(2)21-28(22-30(36)29-15-11-8-12-16-29)23-32-37(3)35(41)33-34(43-24-27-13-9-7-10-14-27)31(40)17-18-38(33)39(32)25-42-19-20-44(4,5)6/h7-18,26,28,30,32H,19-25H2,1-6H3. The monoisotopic (exact) mass is 637 g/mol. The number of halogens is 1. The fourth-order valence-electron chi connectivity index (χ4n) is 5.74. The maximum atomic E-state index is 14.1. The van der Waals surface area contributed by atoms with Gasteiger partial charge in [-0.05, 0) is 48.3 Å². The average Bonchev–Trinajstić information content (AvgIpc) is 2.98. The Hall–Kier alpha value is -3.07. The smallest absolute Gasteiger partial charge is 0.277 e. The Balaban J connectivity index is 1.66. The summed E-state index contributed by atoms with van der Waals surface area (Å²) in [6, 6.07) is 22.3. The lowest BCUT2D eigenvalue weighted by Gasteiger charge is -2.46. The van der Waals surface area contributed by atoms with Gasteiger partial charge in [-0.3, -0.25) is 19.3 Å². The number of rotatable bonds is 15. The van der Waals surface area contributed by atoms with Crippen LogP contribution in [0.1, 0.15) is 60.1 Å². The van der Waals surface area contributed by atoms with E-state index in [9.17, 15) is 9.59 Å². The van der Waals surface area contributed by atoms with Gasteiger partial charge in [0.2, 0.25) is 5.43 Å². The summed E-state index contributed by atoms with van der Waals surface area (Å²) in [7, 11) is 0.509. The molecule has 2 aromatic carbocycles. The van der Waals surface area contributed by atoms with Gasteiger partial charge in [-0.15, -0.1) is 11.6 Å². The van der Waals surface area contributed by atoms with Gasteiger partial charge in [0.15, 0.2) is 11.4 Å². The highest BCUT2D eigenvalue weighted by Crippen LogP contribution is 2.35. The number of hydrogen-bond acceptors (Lipinski definition) is 5. The van der Waals surface area contributed by atoms with E-state index in [0.29, 0.717) is 18.9 Å². The molecule has 0 radical (unpaired) electrons. The average molecular weight is 638 g/mol. The van der Waals surface area contributed by atoms with Crippen LogP contribution in [0.4, 0.5) is 0 Å². The molecular weight excluding hydrogens is 590 g/mol. The molecule has 3 atom stereocenters. The van der Waals surface area contributed by atoms with Crippen LogP contribution in [-0.4, -0.2) is 50.1 Å². The van der Waals surface area contributed by atoms with Crippen molar-refractivity contribution < 1.29 is 14.3 Å². The lowest BCUT2D eigenvalue weighted by molar-refractivity contribution is 0.0431. The molecule has 1 amide bonds. The maximum absolute atomic E-state index is 14.1. The van der Waals surface area contributed by atoms with E-state index in [1.807, 2.05) is 55.6 Å². The molecule has 1 aliphatic heterocycles. The number of carbonyl (C=O) groups excluding carboxylic acids is 1. The van der Waals surface area contributed by atoms with Crippen LogP contribution >= 0.6 is 11.6 Å². The van der Waals surface area contributed by atoms with E-state index in [2.05, 4.69) is 50.6 Å². The van der Waals surface area contributed by atoms with Crippen molar-refractivity contribution in [3.8, 4) is 5.75 Å². The topological polar surface area (TPSA) is 64.0 Å². The largest absolute Gasteiger partial charge is 0.482 e. The Morgan fingerprint density at radius 2 is 1.59 bits per heavy atom. The predicted molar refractivity (Wildman–Crippen MR) is 182 cm³/mol. The minimum absolute atomic E-state index is 0.0578. The molecule has 3 unspecified atom stereocenters. The van der Waals surface area contributed by atoms with Crippen LogP contribution in [-0.2, 0) is 11.3 Å². The Morgan fingerprint density at radius 3 is 2.23 bits per heavy atom. The number of carbonyl (C=O) groups is 1. The highest BCUT2D eigenvalue weighted by Gasteiger charge is 2.39. The molecule has 0 saturated carbocycles. The first-order valence-corrected chi connectivity index (χ1v) is 19.8. The molecule has 2 heterocycles. The van der Waals surface area contributed by atoms with Crippen LogP contribution in [0, 0.1) is 11.8 Å². The van der Waals surface area contributed by atoms with Gasteiger partial charge in [0.05, 0.1) is 5.38 Å². The molecule has 0 fully saturated rings. The molecule has 238 valence electrons. The number of hydrogen-bond donors (Lipinski definition) is 0. The van der Waals surface area contributed by atoms with Gasteiger partial charge in [-0.1, -0.05) is 94.2 Å². The van der Waals surface area contributed by atoms with Crippen molar-refractivity contribution in [3.63, 3.8) is 0 Å². The van der Waals surface area contributed by atoms with E-state index in [-0.39, 0.29) is 53.6 Å². The summed E-state index contributed by atoms with van der Waals surface area (Å²) in [6.07, 6.45) is 3.85. The van der Waals surface area contributed by atoms with E-state index in [4.69, 9.17) is 21.1 Å². The zero-order chi connectivity index (χ0) is 31.9. The van der Waals surface area contributed by atoms with Gasteiger partial charge in [-0.2, -0.15) is 0 Å². The van der Waals surface area contributed by atoms with Crippen molar-refractivity contribution >= 4 is 25.6 Å². The number of nitrogens with zero attached hydrogens (tertiary/aromatic N) is 3. The first kappa shape index (κ1) is 33.8. The van der Waals surface area contributed by atoms with Gasteiger partial charge < -0.3 is 14.4 Å². The van der Waals surface area contributed by atoms with E-state index in [0.717, 1.165) is 30.0 Å². The number of alkyl halides is 1. The summed E-state index contributed by atoms with van der Waals surface area (Å²) in [6.45, 7) is 12.5. The third-order valence-electron chi connectivity index (χ3n) is 8.12. The second-order valence-electron chi connectivity index (χ2n) is 13.5. The van der Waals surface area contributed by atoms with Gasteiger partial charge >= 0.3 is 0 Å². The fraction of sp³-hybridized carbons (Fsp3) is 0.486. The minimum atomic E-state index is -1.30. The van der Waals surface area contributed by atoms with Crippen molar-refractivity contribution in [2.24, 2.45) is 11.8 Å². The SMILES string of the molecule is CC(C)CC(CC(Cl)c1ccccc1)CC1N(C)C(=O)c2c(OCc3ccccc3)c(=O)ccn2N1COCC[Si](C)(C)C. The number of aromatic nitrogens is 1. The third-order valence-corrected chi connectivity index (χ3v) is 10.3. The van der Waals surface area contributed by atoms with Crippen LogP contribution in [0.2, 0.25) is 25.7 Å². The number of amides is 1. The van der Waals surface area contributed by atoms with Crippen molar-refractivity contribution in [1.29, 1.82) is 0 Å². The van der Waals surface area contributed by atoms with Crippen LogP contribution < -0.4 is 15.2 Å². The van der Waals surface area contributed by atoms with Gasteiger partial charge in [0.25, 0.3) is 5.91 Å². The van der Waals surface area contributed by atoms with Crippen molar-refractivity contribution in [3.05, 3.63) is 100.0 Å². The summed E-state index contributed by atoms with van der Waals surface area (Å²) < 4.78 is 14.1. The zero-order valence-electron chi connectivity index (χ0n) is 27.0. The van der Waals surface area contributed by atoms with E-state index in [1.165, 1.54) is 6.07 Å². The van der Waals surface area contributed by atoms with Gasteiger partial charge in [0, 0.05) is 34.0 Å². The van der Waals surface area contributed by atoms with Crippen molar-refractivity contribution in [1.82, 2.24) is 9.58 Å². The van der Waals surface area contributed by atoms with E-state index >= 15 is 0 Å². The highest BCUT2D eigenvalue weighted by atomic mass is 35.5. The van der Waals surface area contributed by atoms with E-state index in [1.54, 1.807) is 15.8 Å². The molecule has 1 aliphatic rings. The quantitative estimate of drug-likeness (QED) is 0.0980. The third kappa shape index (κ3) is 8.99. The molecular formula is C35H48ClN3O4Si. The zero-order valence-corrected chi connectivity index (χ0v) is 28.8. The molecule has 7 nitrogen and oxygen atoms in total. The molecule has 0 N–H and O–H groups in total. The summed E-state index contributed by atoms with van der Waals surface area (Å²) in [4.78, 5) is 28.9. The van der Waals surface area contributed by atoms with Crippen LogP contribution in [0.3, 0.4) is 0 Å². The maximum Gasteiger partial charge on any atom is 0.277 e. The van der Waals surface area contributed by atoms with Crippen molar-refractivity contribution in [2.75, 3.05) is 25.4 Å². The Bertz CT molecular complexity index is 1410. The van der Waals surface area contributed by atoms with Gasteiger partial charge in [-0.25, -0.2) is 0 Å². The Morgan fingerprint density at radius 1 is 0.932 bits per heavy atom. The lowest BCUT2D eigenvalue weighted by Crippen LogP contribution is -2.61. The first-order chi connectivity index (χ1) is 20.9. The second kappa shape index (κ2) is 15.3. The summed E-state index contributed by atoms with van der Waals surface area (Å²) in [5.41, 5.74) is 1.92. The molecule has 0 spiro atoms. The summed E-state index contributed by atoms with van der Waals surface area (Å²) in [5, 5.41) is 1.93. The summed E-state index contributed by atoms with van der Waals surface area (Å²) >= 11 is 6.98. The molecule has 0 saturated heterocycles. The molecule has 4 rings (SSSR count). The van der Waals surface area contributed by atoms with Gasteiger partial charge in [0.1, 0.15) is 19.5 Å². The van der Waals surface area contributed by atoms with Crippen LogP contribution in [0.15, 0.2) is 77.7 Å². The molecule has 0 aliphatic carbocycles. The Kier molecular flexibility index (Phi) is 11.7. The second-order valence-corrected chi connectivity index (χ2v) is 19.7. The number of benzene rings is 2. The number of pyridine rings is 1. The van der Waals surface area contributed by atoms with E-state index < -0.39 is 8.07 Å².